The van der Waals surface area contributed by atoms with Crippen LogP contribution >= 0.6 is 0 Å². The van der Waals surface area contributed by atoms with Crippen LogP contribution in [-0.2, 0) is 6.54 Å². The molecule has 1 heterocycles. The maximum Gasteiger partial charge on any atom is 0.258 e. The highest BCUT2D eigenvalue weighted by Crippen LogP contribution is 2.25. The van der Waals surface area contributed by atoms with Crippen LogP contribution in [0.3, 0.4) is 0 Å². The zero-order valence-electron chi connectivity index (χ0n) is 16.7. The molecule has 7 heteroatoms. The van der Waals surface area contributed by atoms with Crippen LogP contribution in [0.1, 0.15) is 29.8 Å². The molecule has 2 N–H and O–H groups in total. The number of hydrogen-bond acceptors (Lipinski definition) is 6. The average Bonchev–Trinajstić information content (AvgIpc) is 2.74. The number of carbonyl (C=O) groups is 1. The normalized spacial score (nSPS) is 10.5. The Bertz CT molecular complexity index is 958. The lowest BCUT2D eigenvalue weighted by Crippen LogP contribution is -2.15. The molecule has 7 nitrogen and oxygen atoms in total. The number of rotatable bonds is 8. The van der Waals surface area contributed by atoms with Crippen molar-refractivity contribution >= 4 is 17.5 Å². The van der Waals surface area contributed by atoms with E-state index >= 15 is 0 Å². The molecule has 0 saturated heterocycles. The maximum absolute atomic E-state index is 12.5. The summed E-state index contributed by atoms with van der Waals surface area (Å²) in [6.45, 7) is 4.38. The lowest BCUT2D eigenvalue weighted by Gasteiger charge is -2.14. The average molecular weight is 392 g/mol. The molecule has 29 heavy (non-hydrogen) atoms. The Hall–Kier alpha value is -3.61. The van der Waals surface area contributed by atoms with Crippen molar-refractivity contribution in [1.82, 2.24) is 9.97 Å². The zero-order chi connectivity index (χ0) is 20.6. The summed E-state index contributed by atoms with van der Waals surface area (Å²) in [5, 5.41) is 5.97. The fourth-order valence-electron chi connectivity index (χ4n) is 2.68. The molecule has 0 radical (unpaired) electrons. The van der Waals surface area contributed by atoms with Gasteiger partial charge in [0.05, 0.1) is 24.5 Å². The predicted octanol–water partition coefficient (Wildman–Crippen LogP) is 4.14. The molecule has 0 aliphatic heterocycles. The molecule has 3 rings (SSSR count). The van der Waals surface area contributed by atoms with Crippen LogP contribution in [0, 0.1) is 0 Å². The molecule has 3 aromatic rings. The molecule has 0 aliphatic rings. The summed E-state index contributed by atoms with van der Waals surface area (Å²) in [5.41, 5.74) is 1.94. The van der Waals surface area contributed by atoms with Crippen molar-refractivity contribution in [3.8, 4) is 11.5 Å². The van der Waals surface area contributed by atoms with Crippen molar-refractivity contribution in [2.45, 2.75) is 26.5 Å². The summed E-state index contributed by atoms with van der Waals surface area (Å²) in [7, 11) is 1.63. The Labute approximate surface area is 170 Å². The van der Waals surface area contributed by atoms with E-state index in [9.17, 15) is 4.79 Å². The van der Waals surface area contributed by atoms with Crippen molar-refractivity contribution < 1.29 is 14.3 Å². The first-order valence-electron chi connectivity index (χ1n) is 9.31. The van der Waals surface area contributed by atoms with Gasteiger partial charge in [0.2, 0.25) is 5.95 Å². The predicted molar refractivity (Wildman–Crippen MR) is 113 cm³/mol. The highest BCUT2D eigenvalue weighted by atomic mass is 16.5. The fourth-order valence-corrected chi connectivity index (χ4v) is 2.68. The molecule has 0 fully saturated rings. The number of aromatic nitrogens is 2. The minimum atomic E-state index is -0.305. The summed E-state index contributed by atoms with van der Waals surface area (Å²) >= 11 is 0. The first-order valence-corrected chi connectivity index (χ1v) is 9.31. The second-order valence-electron chi connectivity index (χ2n) is 6.58. The number of anilines is 2. The van der Waals surface area contributed by atoms with E-state index in [1.54, 1.807) is 13.2 Å². The summed E-state index contributed by atoms with van der Waals surface area (Å²) < 4.78 is 11.1. The van der Waals surface area contributed by atoms with Crippen molar-refractivity contribution in [1.29, 1.82) is 0 Å². The Morgan fingerprint density at radius 2 is 1.66 bits per heavy atom. The largest absolute Gasteiger partial charge is 0.496 e. The van der Waals surface area contributed by atoms with E-state index in [2.05, 4.69) is 20.6 Å². The monoisotopic (exact) mass is 392 g/mol. The number of nitrogens with zero attached hydrogens (tertiary/aromatic N) is 2. The van der Waals surface area contributed by atoms with Gasteiger partial charge in [0, 0.05) is 24.5 Å². The third-order valence-electron chi connectivity index (χ3n) is 4.04. The maximum atomic E-state index is 12.5. The topological polar surface area (TPSA) is 85.4 Å². The van der Waals surface area contributed by atoms with Crippen LogP contribution < -0.4 is 20.1 Å². The number of ether oxygens (including phenoxy) is 2. The number of amides is 1. The van der Waals surface area contributed by atoms with Crippen molar-refractivity contribution in [2.75, 3.05) is 17.7 Å². The second kappa shape index (κ2) is 9.54. The van der Waals surface area contributed by atoms with Gasteiger partial charge in [0.25, 0.3) is 5.91 Å². The van der Waals surface area contributed by atoms with Gasteiger partial charge in [-0.25, -0.2) is 9.97 Å². The molecule has 0 unspecified atom stereocenters. The fraction of sp³-hybridized carbons (Fsp3) is 0.227. The quantitative estimate of drug-likeness (QED) is 0.599. The lowest BCUT2D eigenvalue weighted by molar-refractivity contribution is 0.102. The Morgan fingerprint density at radius 1 is 1.00 bits per heavy atom. The number of carbonyl (C=O) groups excluding carboxylic acids is 1. The van der Waals surface area contributed by atoms with Crippen molar-refractivity contribution in [3.05, 3.63) is 72.1 Å². The molecule has 1 amide bonds. The van der Waals surface area contributed by atoms with E-state index in [4.69, 9.17) is 9.47 Å². The number of benzene rings is 2. The summed E-state index contributed by atoms with van der Waals surface area (Å²) in [5.74, 6) is 1.53. The van der Waals surface area contributed by atoms with Gasteiger partial charge in [-0.05, 0) is 32.0 Å². The van der Waals surface area contributed by atoms with Gasteiger partial charge in [-0.1, -0.05) is 30.3 Å². The molecule has 0 aliphatic carbocycles. The van der Waals surface area contributed by atoms with Gasteiger partial charge in [-0.15, -0.1) is 0 Å². The van der Waals surface area contributed by atoms with E-state index in [1.807, 2.05) is 56.3 Å². The minimum absolute atomic E-state index is 0.00461. The van der Waals surface area contributed by atoms with E-state index in [-0.39, 0.29) is 12.0 Å². The van der Waals surface area contributed by atoms with Crippen LogP contribution in [0.2, 0.25) is 0 Å². The first-order chi connectivity index (χ1) is 14.1. The molecule has 2 aromatic carbocycles. The Kier molecular flexibility index (Phi) is 6.63. The van der Waals surface area contributed by atoms with Gasteiger partial charge in [-0.3, -0.25) is 4.79 Å². The number of hydrogen-bond donors (Lipinski definition) is 2. The highest BCUT2D eigenvalue weighted by Gasteiger charge is 2.12. The summed E-state index contributed by atoms with van der Waals surface area (Å²) in [4.78, 5) is 21.0. The molecule has 0 bridgehead atoms. The molecule has 0 spiro atoms. The van der Waals surface area contributed by atoms with Gasteiger partial charge in [-0.2, -0.15) is 0 Å². The van der Waals surface area contributed by atoms with Gasteiger partial charge >= 0.3 is 0 Å². The molecule has 150 valence electrons. The number of nitrogens with one attached hydrogen (secondary N) is 2. The Morgan fingerprint density at radius 3 is 2.34 bits per heavy atom. The van der Waals surface area contributed by atoms with Crippen LogP contribution in [0.25, 0.3) is 0 Å². The van der Waals surface area contributed by atoms with Crippen LogP contribution in [0.4, 0.5) is 11.6 Å². The zero-order valence-corrected chi connectivity index (χ0v) is 16.7. The van der Waals surface area contributed by atoms with E-state index < -0.39 is 0 Å². The SMILES string of the molecule is COc1ccccc1CNc1ncc(C(=O)Nc2ccccc2OC(C)C)cn1. The Balaban J connectivity index is 1.63. The first kappa shape index (κ1) is 20.1. The van der Waals surface area contributed by atoms with Crippen molar-refractivity contribution in [3.63, 3.8) is 0 Å². The molecule has 0 atom stereocenters. The van der Waals surface area contributed by atoms with Crippen LogP contribution in [-0.4, -0.2) is 29.1 Å². The smallest absolute Gasteiger partial charge is 0.258 e. The summed E-state index contributed by atoms with van der Waals surface area (Å²) in [6, 6.07) is 15.0. The lowest BCUT2D eigenvalue weighted by atomic mass is 10.2. The van der Waals surface area contributed by atoms with Gasteiger partial charge in [0.15, 0.2) is 0 Å². The van der Waals surface area contributed by atoms with Gasteiger partial charge in [0.1, 0.15) is 11.5 Å². The third kappa shape index (κ3) is 5.44. The number of para-hydroxylation sites is 3. The van der Waals surface area contributed by atoms with Crippen LogP contribution in [0.15, 0.2) is 60.9 Å². The minimum Gasteiger partial charge on any atom is -0.496 e. The second-order valence-corrected chi connectivity index (χ2v) is 6.58. The summed E-state index contributed by atoms with van der Waals surface area (Å²) in [6.07, 6.45) is 2.97. The van der Waals surface area contributed by atoms with E-state index in [0.717, 1.165) is 11.3 Å². The van der Waals surface area contributed by atoms with Gasteiger partial charge < -0.3 is 20.1 Å². The van der Waals surface area contributed by atoms with Crippen LogP contribution in [0.5, 0.6) is 11.5 Å². The molecule has 0 saturated carbocycles. The highest BCUT2D eigenvalue weighted by molar-refractivity contribution is 6.04. The molecular weight excluding hydrogens is 368 g/mol. The van der Waals surface area contributed by atoms with E-state index in [0.29, 0.717) is 29.5 Å². The third-order valence-corrected chi connectivity index (χ3v) is 4.04. The standard InChI is InChI=1S/C22H24N4O3/c1-15(2)29-20-11-7-5-9-18(20)26-21(27)17-13-24-22(25-14-17)23-12-16-8-4-6-10-19(16)28-3/h4-11,13-15H,12H2,1-3H3,(H,26,27)(H,23,24,25). The van der Waals surface area contributed by atoms with E-state index in [1.165, 1.54) is 12.4 Å². The van der Waals surface area contributed by atoms with Crippen molar-refractivity contribution in [2.24, 2.45) is 0 Å². The number of methoxy groups -OCH3 is 1. The molecular formula is C22H24N4O3. The molecule has 1 aromatic heterocycles.